The van der Waals surface area contributed by atoms with Gasteiger partial charge >= 0.3 is 0 Å². The maximum absolute atomic E-state index is 5.97. The van der Waals surface area contributed by atoms with E-state index in [1.807, 2.05) is 12.1 Å². The maximum atomic E-state index is 5.97. The van der Waals surface area contributed by atoms with Gasteiger partial charge in [0.15, 0.2) is 5.82 Å². The van der Waals surface area contributed by atoms with E-state index >= 15 is 0 Å². The molecule has 1 aliphatic heterocycles. The van der Waals surface area contributed by atoms with Crippen molar-refractivity contribution in [3.63, 3.8) is 0 Å². The van der Waals surface area contributed by atoms with Crippen LogP contribution in [0.2, 0.25) is 0 Å². The van der Waals surface area contributed by atoms with E-state index < -0.39 is 0 Å². The molecule has 0 aliphatic carbocycles. The summed E-state index contributed by atoms with van der Waals surface area (Å²) in [5, 5.41) is 0. The van der Waals surface area contributed by atoms with Crippen LogP contribution >= 0.6 is 12.4 Å². The van der Waals surface area contributed by atoms with Gasteiger partial charge in [0.1, 0.15) is 11.8 Å². The number of likely N-dealkylation sites (tertiary alicyclic amines) is 1. The lowest BCUT2D eigenvalue weighted by Gasteiger charge is -2.35. The first-order chi connectivity index (χ1) is 13.1. The highest BCUT2D eigenvalue weighted by Crippen LogP contribution is 2.24. The van der Waals surface area contributed by atoms with Crippen molar-refractivity contribution in [1.82, 2.24) is 24.8 Å². The van der Waals surface area contributed by atoms with Crippen LogP contribution in [0.25, 0.3) is 22.3 Å². The molecule has 0 saturated carbocycles. The Morgan fingerprint density at radius 1 is 1.14 bits per heavy atom. The van der Waals surface area contributed by atoms with E-state index in [1.165, 1.54) is 37.8 Å². The molecule has 3 heterocycles. The molecule has 6 nitrogen and oxygen atoms in total. The molecule has 0 atom stereocenters. The summed E-state index contributed by atoms with van der Waals surface area (Å²) in [4.78, 5) is 17.9. The Labute approximate surface area is 172 Å². The molecule has 1 fully saturated rings. The summed E-state index contributed by atoms with van der Waals surface area (Å²) in [5.41, 5.74) is 10.7. The number of pyridine rings is 1. The zero-order valence-corrected chi connectivity index (χ0v) is 17.2. The number of nitrogens with two attached hydrogens (primary N) is 1. The van der Waals surface area contributed by atoms with Gasteiger partial charge in [-0.1, -0.05) is 18.2 Å². The smallest absolute Gasteiger partial charge is 0.153 e. The topological polar surface area (TPSA) is 71.2 Å². The average molecular weight is 399 g/mol. The SMILES string of the molecule is CN1CCC(N(C)Cc2cccc(-c3ccc4ncnc(N)c4n3)c2)CC1.Cl. The van der Waals surface area contributed by atoms with Crippen molar-refractivity contribution in [1.29, 1.82) is 0 Å². The maximum Gasteiger partial charge on any atom is 0.153 e. The second-order valence-corrected chi connectivity index (χ2v) is 7.47. The molecular formula is C21H27ClN6. The van der Waals surface area contributed by atoms with Gasteiger partial charge in [-0.05, 0) is 63.8 Å². The Morgan fingerprint density at radius 3 is 2.71 bits per heavy atom. The average Bonchev–Trinajstić information content (AvgIpc) is 2.69. The lowest BCUT2D eigenvalue weighted by Crippen LogP contribution is -2.41. The predicted molar refractivity (Wildman–Crippen MR) is 116 cm³/mol. The molecule has 1 aromatic carbocycles. The lowest BCUT2D eigenvalue weighted by molar-refractivity contribution is 0.139. The third kappa shape index (κ3) is 4.41. The van der Waals surface area contributed by atoms with Crippen LogP contribution in [0.5, 0.6) is 0 Å². The van der Waals surface area contributed by atoms with Crippen LogP contribution in [0, 0.1) is 0 Å². The number of rotatable bonds is 4. The molecule has 2 aromatic heterocycles. The van der Waals surface area contributed by atoms with E-state index in [9.17, 15) is 0 Å². The normalized spacial score (nSPS) is 15.7. The molecule has 3 aromatic rings. The quantitative estimate of drug-likeness (QED) is 0.727. The summed E-state index contributed by atoms with van der Waals surface area (Å²) in [7, 11) is 4.43. The molecule has 1 saturated heterocycles. The van der Waals surface area contributed by atoms with Crippen LogP contribution in [0.4, 0.5) is 5.82 Å². The first kappa shape index (κ1) is 20.5. The summed E-state index contributed by atoms with van der Waals surface area (Å²) in [6.45, 7) is 3.31. The Hall–Kier alpha value is -2.28. The second-order valence-electron chi connectivity index (χ2n) is 7.47. The number of benzene rings is 1. The molecule has 0 amide bonds. The fourth-order valence-corrected chi connectivity index (χ4v) is 3.80. The minimum Gasteiger partial charge on any atom is -0.382 e. The molecular weight excluding hydrogens is 372 g/mol. The van der Waals surface area contributed by atoms with E-state index in [1.54, 1.807) is 0 Å². The van der Waals surface area contributed by atoms with Gasteiger partial charge in [0.2, 0.25) is 0 Å². The number of piperidine rings is 1. The number of aromatic nitrogens is 3. The summed E-state index contributed by atoms with van der Waals surface area (Å²) in [6, 6.07) is 13.2. The number of halogens is 1. The van der Waals surface area contributed by atoms with Crippen molar-refractivity contribution in [2.45, 2.75) is 25.4 Å². The molecule has 148 valence electrons. The van der Waals surface area contributed by atoms with Crippen LogP contribution in [-0.2, 0) is 6.54 Å². The molecule has 4 rings (SSSR count). The molecule has 2 N–H and O–H groups in total. The van der Waals surface area contributed by atoms with Crippen molar-refractivity contribution in [3.05, 3.63) is 48.3 Å². The summed E-state index contributed by atoms with van der Waals surface area (Å²) in [5.74, 6) is 0.417. The standard InChI is InChI=1S/C21H26N6.ClH/c1-26-10-8-17(9-11-26)27(2)13-15-4-3-5-16(12-15)18-6-7-19-20(25-18)21(22)24-14-23-19;/h3-7,12,14,17H,8-11,13H2,1-2H3,(H2,22,23,24);1H. The van der Waals surface area contributed by atoms with Gasteiger partial charge in [-0.2, -0.15) is 0 Å². The molecule has 7 heteroatoms. The first-order valence-electron chi connectivity index (χ1n) is 9.45. The Balaban J connectivity index is 0.00000225. The van der Waals surface area contributed by atoms with Crippen LogP contribution in [0.1, 0.15) is 18.4 Å². The predicted octanol–water partition coefficient (Wildman–Crippen LogP) is 3.22. The van der Waals surface area contributed by atoms with Gasteiger partial charge in [-0.3, -0.25) is 4.90 Å². The Bertz CT molecular complexity index is 939. The number of hydrogen-bond donors (Lipinski definition) is 1. The highest BCUT2D eigenvalue weighted by Gasteiger charge is 2.20. The highest BCUT2D eigenvalue weighted by molar-refractivity contribution is 5.86. The third-order valence-corrected chi connectivity index (χ3v) is 5.48. The van der Waals surface area contributed by atoms with Gasteiger partial charge < -0.3 is 10.6 Å². The molecule has 0 radical (unpaired) electrons. The van der Waals surface area contributed by atoms with E-state index in [0.29, 0.717) is 17.4 Å². The fraction of sp³-hybridized carbons (Fsp3) is 0.381. The number of nitrogens with zero attached hydrogens (tertiary/aromatic N) is 5. The third-order valence-electron chi connectivity index (χ3n) is 5.48. The zero-order chi connectivity index (χ0) is 18.8. The largest absolute Gasteiger partial charge is 0.382 e. The van der Waals surface area contributed by atoms with Gasteiger partial charge in [0, 0.05) is 18.2 Å². The lowest BCUT2D eigenvalue weighted by atomic mass is 10.0. The van der Waals surface area contributed by atoms with Crippen molar-refractivity contribution in [3.8, 4) is 11.3 Å². The first-order valence-corrected chi connectivity index (χ1v) is 9.45. The van der Waals surface area contributed by atoms with Crippen molar-refractivity contribution in [2.75, 3.05) is 32.9 Å². The van der Waals surface area contributed by atoms with E-state index in [-0.39, 0.29) is 12.4 Å². The molecule has 0 bridgehead atoms. The summed E-state index contributed by atoms with van der Waals surface area (Å²) < 4.78 is 0. The molecule has 28 heavy (non-hydrogen) atoms. The highest BCUT2D eigenvalue weighted by atomic mass is 35.5. The Kier molecular flexibility index (Phi) is 6.44. The van der Waals surface area contributed by atoms with E-state index in [4.69, 9.17) is 10.7 Å². The minimum absolute atomic E-state index is 0. The number of fused-ring (bicyclic) bond motifs is 1. The minimum atomic E-state index is 0. The second kappa shape index (κ2) is 8.82. The molecule has 1 aliphatic rings. The zero-order valence-electron chi connectivity index (χ0n) is 16.4. The molecule has 0 spiro atoms. The van der Waals surface area contributed by atoms with Crippen LogP contribution in [0.15, 0.2) is 42.7 Å². The van der Waals surface area contributed by atoms with E-state index in [0.717, 1.165) is 23.3 Å². The monoisotopic (exact) mass is 398 g/mol. The number of hydrogen-bond acceptors (Lipinski definition) is 6. The number of nitrogen functional groups attached to an aromatic ring is 1. The van der Waals surface area contributed by atoms with Crippen LogP contribution in [0.3, 0.4) is 0 Å². The van der Waals surface area contributed by atoms with Gasteiger partial charge in [0.25, 0.3) is 0 Å². The van der Waals surface area contributed by atoms with Gasteiger partial charge in [0.05, 0.1) is 11.2 Å². The number of anilines is 1. The van der Waals surface area contributed by atoms with Gasteiger partial charge in [-0.25, -0.2) is 15.0 Å². The Morgan fingerprint density at radius 2 is 1.93 bits per heavy atom. The fourth-order valence-electron chi connectivity index (χ4n) is 3.80. The van der Waals surface area contributed by atoms with Crippen LogP contribution in [-0.4, -0.2) is 58.0 Å². The summed E-state index contributed by atoms with van der Waals surface area (Å²) in [6.07, 6.45) is 3.94. The van der Waals surface area contributed by atoms with Crippen LogP contribution < -0.4 is 5.73 Å². The van der Waals surface area contributed by atoms with Gasteiger partial charge in [-0.15, -0.1) is 12.4 Å². The molecule has 0 unspecified atom stereocenters. The summed E-state index contributed by atoms with van der Waals surface area (Å²) >= 11 is 0. The van der Waals surface area contributed by atoms with Crippen molar-refractivity contribution < 1.29 is 0 Å². The van der Waals surface area contributed by atoms with Crippen molar-refractivity contribution in [2.24, 2.45) is 0 Å². The van der Waals surface area contributed by atoms with Crippen molar-refractivity contribution >= 4 is 29.3 Å². The van der Waals surface area contributed by atoms with E-state index in [2.05, 4.69) is 58.1 Å².